The Balaban J connectivity index is 1.71. The fourth-order valence-corrected chi connectivity index (χ4v) is 4.75. The van der Waals surface area contributed by atoms with E-state index in [1.165, 1.54) is 30.1 Å². The highest BCUT2D eigenvalue weighted by atomic mass is 32.2. The fraction of sp³-hybridized carbons (Fsp3) is 0.500. The van der Waals surface area contributed by atoms with Gasteiger partial charge >= 0.3 is 5.97 Å². The summed E-state index contributed by atoms with van der Waals surface area (Å²) in [6.07, 6.45) is 5.12. The number of nitrogens with zero attached hydrogens (tertiary/aromatic N) is 4. The van der Waals surface area contributed by atoms with Gasteiger partial charge < -0.3 is 19.4 Å². The minimum absolute atomic E-state index is 0.0549. The maximum absolute atomic E-state index is 13.0. The van der Waals surface area contributed by atoms with E-state index in [-0.39, 0.29) is 29.9 Å². The third kappa shape index (κ3) is 7.92. The number of oxime groups is 1. The van der Waals surface area contributed by atoms with Gasteiger partial charge in [-0.1, -0.05) is 47.1 Å². The molecule has 2 heterocycles. The van der Waals surface area contributed by atoms with Gasteiger partial charge in [0, 0.05) is 0 Å². The number of methoxy groups -OCH3 is 1. The predicted octanol–water partition coefficient (Wildman–Crippen LogP) is 1.68. The molecule has 12 nitrogen and oxygen atoms in total. The van der Waals surface area contributed by atoms with Gasteiger partial charge in [0.25, 0.3) is 0 Å². The van der Waals surface area contributed by atoms with Crippen LogP contribution in [0.1, 0.15) is 43.7 Å². The van der Waals surface area contributed by atoms with Crippen LogP contribution in [-0.2, 0) is 29.1 Å². The summed E-state index contributed by atoms with van der Waals surface area (Å²) in [4.78, 5) is 17.1. The Labute approximate surface area is 216 Å². The minimum Gasteiger partial charge on any atom is -0.469 e. The van der Waals surface area contributed by atoms with Crippen molar-refractivity contribution in [3.8, 4) is 0 Å². The van der Waals surface area contributed by atoms with E-state index >= 15 is 0 Å². The zero-order valence-electron chi connectivity index (χ0n) is 21.2. The molecule has 0 spiro atoms. The molecule has 1 aliphatic heterocycles. The quantitative estimate of drug-likeness (QED) is 0.179. The summed E-state index contributed by atoms with van der Waals surface area (Å²) in [5.74, 6) is -0.784. The Morgan fingerprint density at radius 2 is 2.05 bits per heavy atom. The molecule has 1 aliphatic rings. The van der Waals surface area contributed by atoms with Gasteiger partial charge in [0.05, 0.1) is 50.1 Å². The molecule has 2 aromatic rings. The number of ether oxygens (including phenoxy) is 2. The SMILES string of the molecule is COC(=O)C/C=C/[C@@H](C)[C@@H](C=NO[C@H](C)c1cn([C@@H]2COC[C@H]2O)nn1)NS(=O)(=O)c1ccc(C)cc1. The van der Waals surface area contributed by atoms with E-state index in [1.54, 1.807) is 44.3 Å². The molecule has 2 N–H and O–H groups in total. The predicted molar refractivity (Wildman–Crippen MR) is 134 cm³/mol. The van der Waals surface area contributed by atoms with E-state index in [0.717, 1.165) is 5.56 Å². The van der Waals surface area contributed by atoms with Crippen molar-refractivity contribution in [2.45, 2.75) is 56.4 Å². The number of nitrogens with one attached hydrogen (secondary N) is 1. The molecule has 202 valence electrons. The van der Waals surface area contributed by atoms with Crippen LogP contribution in [0.15, 0.2) is 52.7 Å². The molecule has 1 aromatic carbocycles. The number of aliphatic hydroxyl groups is 1. The largest absolute Gasteiger partial charge is 0.469 e. The Kier molecular flexibility index (Phi) is 9.92. The molecule has 37 heavy (non-hydrogen) atoms. The number of aromatic nitrogens is 3. The summed E-state index contributed by atoms with van der Waals surface area (Å²) in [6, 6.07) is 5.37. The van der Waals surface area contributed by atoms with Crippen LogP contribution >= 0.6 is 0 Å². The second-order valence-electron chi connectivity index (χ2n) is 8.83. The normalized spacial score (nSPS) is 20.8. The van der Waals surface area contributed by atoms with Crippen molar-refractivity contribution in [3.63, 3.8) is 0 Å². The molecule has 13 heteroatoms. The van der Waals surface area contributed by atoms with E-state index in [0.29, 0.717) is 12.3 Å². The molecule has 0 bridgehead atoms. The number of aryl methyl sites for hydroxylation is 1. The highest BCUT2D eigenvalue weighted by Crippen LogP contribution is 2.21. The number of carbonyl (C=O) groups excluding carboxylic acids is 1. The summed E-state index contributed by atoms with van der Waals surface area (Å²) >= 11 is 0. The van der Waals surface area contributed by atoms with Crippen LogP contribution in [0.25, 0.3) is 0 Å². The molecule has 5 atom stereocenters. The van der Waals surface area contributed by atoms with Crippen LogP contribution in [0.5, 0.6) is 0 Å². The molecule has 0 saturated carbocycles. The van der Waals surface area contributed by atoms with Crippen molar-refractivity contribution >= 4 is 22.2 Å². The van der Waals surface area contributed by atoms with Crippen LogP contribution in [0.2, 0.25) is 0 Å². The molecule has 0 amide bonds. The van der Waals surface area contributed by atoms with E-state index in [4.69, 9.17) is 9.57 Å². The average Bonchev–Trinajstić information content (AvgIpc) is 3.52. The number of sulfonamides is 1. The van der Waals surface area contributed by atoms with E-state index in [2.05, 4.69) is 24.9 Å². The fourth-order valence-electron chi connectivity index (χ4n) is 3.49. The van der Waals surface area contributed by atoms with Crippen molar-refractivity contribution in [1.29, 1.82) is 0 Å². The summed E-state index contributed by atoms with van der Waals surface area (Å²) in [6.45, 7) is 5.95. The second-order valence-corrected chi connectivity index (χ2v) is 10.5. The van der Waals surface area contributed by atoms with Crippen molar-refractivity contribution in [1.82, 2.24) is 19.7 Å². The summed E-state index contributed by atoms with van der Waals surface area (Å²) < 4.78 is 40.1. The first-order chi connectivity index (χ1) is 17.6. The van der Waals surface area contributed by atoms with E-state index in [1.807, 2.05) is 6.92 Å². The van der Waals surface area contributed by atoms with Gasteiger partial charge in [0.15, 0.2) is 6.10 Å². The van der Waals surface area contributed by atoms with Gasteiger partial charge in [-0.25, -0.2) is 17.8 Å². The molecular weight excluding hydrogens is 502 g/mol. The number of aliphatic hydroxyl groups excluding tert-OH is 1. The molecule has 3 rings (SSSR count). The topological polar surface area (TPSA) is 154 Å². The number of hydrogen-bond donors (Lipinski definition) is 2. The van der Waals surface area contributed by atoms with Crippen LogP contribution in [0, 0.1) is 12.8 Å². The molecule has 1 aromatic heterocycles. The minimum atomic E-state index is -3.87. The lowest BCUT2D eigenvalue weighted by Gasteiger charge is -2.19. The first-order valence-electron chi connectivity index (χ1n) is 11.8. The van der Waals surface area contributed by atoms with Crippen molar-refractivity contribution in [2.75, 3.05) is 20.3 Å². The Morgan fingerprint density at radius 1 is 1.32 bits per heavy atom. The van der Waals surface area contributed by atoms with Crippen LogP contribution in [0.3, 0.4) is 0 Å². The van der Waals surface area contributed by atoms with Crippen LogP contribution in [-0.4, -0.2) is 73.2 Å². The number of benzene rings is 1. The zero-order chi connectivity index (χ0) is 27.0. The number of esters is 1. The third-order valence-corrected chi connectivity index (χ3v) is 7.36. The molecule has 1 saturated heterocycles. The highest BCUT2D eigenvalue weighted by Gasteiger charge is 2.29. The lowest BCUT2D eigenvalue weighted by atomic mass is 10.0. The van der Waals surface area contributed by atoms with Gasteiger partial charge in [0.1, 0.15) is 17.8 Å². The number of carbonyl (C=O) groups is 1. The molecule has 0 unspecified atom stereocenters. The number of rotatable bonds is 12. The Morgan fingerprint density at radius 3 is 2.70 bits per heavy atom. The third-order valence-electron chi connectivity index (χ3n) is 5.89. The van der Waals surface area contributed by atoms with Gasteiger partial charge in [-0.3, -0.25) is 4.79 Å². The van der Waals surface area contributed by atoms with Gasteiger partial charge in [-0.15, -0.1) is 5.10 Å². The molecule has 1 fully saturated rings. The van der Waals surface area contributed by atoms with Crippen LogP contribution in [0.4, 0.5) is 0 Å². The van der Waals surface area contributed by atoms with Crippen molar-refractivity contribution in [2.24, 2.45) is 11.1 Å². The lowest BCUT2D eigenvalue weighted by Crippen LogP contribution is -2.40. The highest BCUT2D eigenvalue weighted by molar-refractivity contribution is 7.89. The standard InChI is InChI=1S/C24H33N5O7S/c1-16-8-10-19(11-9-16)37(32,33)27-20(17(2)6-5-7-24(31)34-4)12-25-36-18(3)21-13-29(28-26-21)22-14-35-15-23(22)30/h5-6,8-13,17-18,20,22-23,27,30H,7,14-15H2,1-4H3/b6-5+,25-12?/t17-,18-,20-,22-,23-/m1/s1. The second kappa shape index (κ2) is 12.9. The van der Waals surface area contributed by atoms with Crippen LogP contribution < -0.4 is 4.72 Å². The Bertz CT molecular complexity index is 1200. The summed E-state index contributed by atoms with van der Waals surface area (Å²) in [5, 5.41) is 22.1. The molecule has 0 aliphatic carbocycles. The smallest absolute Gasteiger partial charge is 0.309 e. The first kappa shape index (κ1) is 28.4. The summed E-state index contributed by atoms with van der Waals surface area (Å²) in [7, 11) is -2.57. The lowest BCUT2D eigenvalue weighted by molar-refractivity contribution is -0.139. The zero-order valence-corrected chi connectivity index (χ0v) is 22.0. The van der Waals surface area contributed by atoms with Crippen molar-refractivity contribution < 1.29 is 32.6 Å². The van der Waals surface area contributed by atoms with Gasteiger partial charge in [0.2, 0.25) is 10.0 Å². The maximum atomic E-state index is 13.0. The summed E-state index contributed by atoms with van der Waals surface area (Å²) in [5.41, 5.74) is 1.42. The maximum Gasteiger partial charge on any atom is 0.309 e. The Hall–Kier alpha value is -3.13. The van der Waals surface area contributed by atoms with Gasteiger partial charge in [-0.2, -0.15) is 0 Å². The van der Waals surface area contributed by atoms with E-state index < -0.39 is 34.2 Å². The average molecular weight is 536 g/mol. The molecular formula is C24H33N5O7S. The molecule has 0 radical (unpaired) electrons. The van der Waals surface area contributed by atoms with E-state index in [9.17, 15) is 18.3 Å². The number of hydrogen-bond acceptors (Lipinski definition) is 10. The first-order valence-corrected chi connectivity index (χ1v) is 13.3. The monoisotopic (exact) mass is 535 g/mol. The van der Waals surface area contributed by atoms with Gasteiger partial charge in [-0.05, 0) is 31.9 Å². The van der Waals surface area contributed by atoms with Crippen molar-refractivity contribution in [3.05, 3.63) is 53.9 Å².